The van der Waals surface area contributed by atoms with Crippen LogP contribution in [-0.2, 0) is 20.9 Å². The van der Waals surface area contributed by atoms with Crippen LogP contribution in [0.3, 0.4) is 0 Å². The largest absolute Gasteiger partial charge is 0.506 e. The van der Waals surface area contributed by atoms with Crippen LogP contribution in [0, 0.1) is 6.92 Å². The molecule has 78 heavy (non-hydrogen) atoms. The number of aromatic nitrogens is 7. The number of cyclic esters (lactones) is 1. The topological polar surface area (TPSA) is 366 Å². The molecule has 7 aromatic heterocycles. The quantitative estimate of drug-likeness (QED) is 0.0833. The van der Waals surface area contributed by atoms with Crippen molar-refractivity contribution in [3.05, 3.63) is 112 Å². The molecule has 0 spiro atoms. The fraction of sp³-hybridized carbons (Fsp3) is 0.229. The maximum atomic E-state index is 14.4. The van der Waals surface area contributed by atoms with Crippen LogP contribution < -0.4 is 27.0 Å². The lowest BCUT2D eigenvalue weighted by molar-refractivity contribution is -0.155. The first kappa shape index (κ1) is 53.6. The van der Waals surface area contributed by atoms with E-state index in [1.165, 1.54) is 40.6 Å². The third-order valence-corrected chi connectivity index (χ3v) is 17.7. The Balaban J connectivity index is 1.13. The van der Waals surface area contributed by atoms with Gasteiger partial charge in [0.2, 0.25) is 11.0 Å². The van der Waals surface area contributed by atoms with E-state index in [4.69, 9.17) is 20.4 Å². The molecule has 0 saturated heterocycles. The number of nitrogens with zero attached hydrogens (tertiary/aromatic N) is 7. The molecule has 0 saturated carbocycles. The van der Waals surface area contributed by atoms with Crippen LogP contribution in [0.5, 0.6) is 5.75 Å². The minimum atomic E-state index is -1.87. The van der Waals surface area contributed by atoms with E-state index < -0.39 is 83.1 Å². The van der Waals surface area contributed by atoms with Crippen molar-refractivity contribution in [1.29, 1.82) is 0 Å². The van der Waals surface area contributed by atoms with E-state index in [0.717, 1.165) is 73.2 Å². The van der Waals surface area contributed by atoms with Gasteiger partial charge in [0.05, 0.1) is 29.4 Å². The Labute approximate surface area is 463 Å². The normalized spacial score (nSPS) is 19.7. The second-order valence-electron chi connectivity index (χ2n) is 17.4. The van der Waals surface area contributed by atoms with Gasteiger partial charge in [-0.3, -0.25) is 28.8 Å². The fourth-order valence-electron chi connectivity index (χ4n) is 8.31. The van der Waals surface area contributed by atoms with Crippen LogP contribution >= 0.6 is 68.4 Å². The van der Waals surface area contributed by atoms with Crippen LogP contribution in [-0.4, -0.2) is 120 Å². The number of hydrogen-bond acceptors (Lipinski definition) is 24. The number of amides is 5. The molecule has 30 heteroatoms. The molecule has 5 unspecified atom stereocenters. The molecular weight excluding hydrogens is 1130 g/mol. The standard InChI is InChI=1S/C48H40N12O12S6/c1-4-21-43-56-25(14-75-43)38(65)51-22-9-31(63)47(69)72-10-19-6-5-7-29-32(19)17(2)36(60(29)71)48(70)78-16-28(52-39(66)26-15-76-44(22)57-26)45-53-23(11-74-45)34-20(8-30(62)35(58-34)46-54-24(12-77-46)37(49)64)42-55-27(13-73-42)40(67)59-33(18(3)61)41(68)50-21/h4-8,11-15,18,22,28,31,33,61-63,71H,9-10,16H2,1-3H3,(H2,49,64)(H,50,68)(H,51,65)(H,52,66)(H,59,67). The molecule has 0 fully saturated rings. The van der Waals surface area contributed by atoms with E-state index in [1.54, 1.807) is 37.4 Å². The van der Waals surface area contributed by atoms with Gasteiger partial charge in [-0.25, -0.2) is 34.7 Å². The average Bonchev–Trinajstić information content (AvgIpc) is 4.45. The summed E-state index contributed by atoms with van der Waals surface area (Å²) < 4.78 is 6.31. The Morgan fingerprint density at radius 3 is 2.14 bits per heavy atom. The van der Waals surface area contributed by atoms with Crippen molar-refractivity contribution in [2.75, 3.05) is 5.75 Å². The number of aliphatic hydroxyl groups is 2. The predicted molar refractivity (Wildman–Crippen MR) is 288 cm³/mol. The van der Waals surface area contributed by atoms with Crippen molar-refractivity contribution >= 4 is 126 Å². The lowest BCUT2D eigenvalue weighted by Crippen LogP contribution is -2.52. The minimum Gasteiger partial charge on any atom is -0.506 e. The first-order valence-corrected chi connectivity index (χ1v) is 28.5. The monoisotopic (exact) mass is 1170 g/mol. The zero-order valence-corrected chi connectivity index (χ0v) is 45.4. The number of allylic oxidation sites excluding steroid dienone is 1. The highest BCUT2D eigenvalue weighted by Gasteiger charge is 2.34. The van der Waals surface area contributed by atoms with E-state index in [-0.39, 0.29) is 99.7 Å². The number of pyridine rings is 1. The van der Waals surface area contributed by atoms with E-state index in [9.17, 15) is 54.1 Å². The van der Waals surface area contributed by atoms with Crippen molar-refractivity contribution < 1.29 is 58.8 Å². The molecule has 8 aromatic rings. The van der Waals surface area contributed by atoms with Crippen LogP contribution in [0.1, 0.15) is 111 Å². The van der Waals surface area contributed by atoms with Gasteiger partial charge in [-0.1, -0.05) is 30.0 Å². The molecule has 400 valence electrons. The van der Waals surface area contributed by atoms with Gasteiger partial charge in [-0.2, -0.15) is 4.73 Å². The number of esters is 1. The van der Waals surface area contributed by atoms with E-state index >= 15 is 0 Å². The number of thioether (sulfide) groups is 1. The van der Waals surface area contributed by atoms with Gasteiger partial charge < -0.3 is 52.3 Å². The van der Waals surface area contributed by atoms with Gasteiger partial charge in [0.15, 0.2) is 6.10 Å². The summed E-state index contributed by atoms with van der Waals surface area (Å²) in [6.45, 7) is 4.10. The summed E-state index contributed by atoms with van der Waals surface area (Å²) in [5.41, 5.74) is 6.20. The second kappa shape index (κ2) is 21.9. The Morgan fingerprint density at radius 2 is 1.44 bits per heavy atom. The van der Waals surface area contributed by atoms with Gasteiger partial charge >= 0.3 is 5.97 Å². The molecule has 10 rings (SSSR count). The maximum Gasteiger partial charge on any atom is 0.335 e. The van der Waals surface area contributed by atoms with Gasteiger partial charge in [-0.15, -0.1) is 56.7 Å². The average molecular weight is 1170 g/mol. The summed E-state index contributed by atoms with van der Waals surface area (Å²) in [6, 6.07) is 2.23. The Morgan fingerprint density at radius 1 is 0.808 bits per heavy atom. The Hall–Kier alpha value is -7.84. The molecule has 0 aliphatic carbocycles. The Kier molecular flexibility index (Phi) is 15.0. The number of fused-ring (bicyclic) bond motifs is 13. The number of thiazole rings is 5. The summed E-state index contributed by atoms with van der Waals surface area (Å²) in [5, 5.41) is 63.7. The molecule has 12 bridgehead atoms. The third-order valence-electron chi connectivity index (χ3n) is 12.2. The zero-order chi connectivity index (χ0) is 55.3. The summed E-state index contributed by atoms with van der Waals surface area (Å²) >= 11 is 5.66. The SMILES string of the molecule is CC=C1NC(=O)C(C(C)O)NC(=O)c2csc(n2)-c2cc(O)c(-c3nc(C(N)=O)cs3)nc2-c2csc(n2)C2CSC(=O)c3c(C)c4c(cccc4n3O)COC(=O)C(O)CC(NC(=O)c3csc1n3)c1nc(cs1)C(=O)N2. The molecule has 5 amide bonds. The second-order valence-corrected chi connectivity index (χ2v) is 22.7. The Bertz CT molecular complexity index is 3800. The zero-order valence-electron chi connectivity index (χ0n) is 40.5. The summed E-state index contributed by atoms with van der Waals surface area (Å²) in [7, 11) is 0. The molecule has 9 heterocycles. The highest BCUT2D eigenvalue weighted by Crippen LogP contribution is 2.42. The molecule has 5 atom stereocenters. The van der Waals surface area contributed by atoms with Crippen LogP contribution in [0.2, 0.25) is 0 Å². The number of aryl methyl sites for hydroxylation is 1. The number of ether oxygens (including phenoxy) is 1. The van der Waals surface area contributed by atoms with E-state index in [2.05, 4.69) is 41.2 Å². The maximum absolute atomic E-state index is 14.4. The number of aliphatic hydroxyl groups excluding tert-OH is 2. The molecule has 0 radical (unpaired) electrons. The number of benzene rings is 1. The van der Waals surface area contributed by atoms with Crippen molar-refractivity contribution in [1.82, 2.24) is 55.9 Å². The highest BCUT2D eigenvalue weighted by molar-refractivity contribution is 8.14. The van der Waals surface area contributed by atoms with Crippen LogP contribution in [0.25, 0.3) is 49.3 Å². The first-order chi connectivity index (χ1) is 37.4. The van der Waals surface area contributed by atoms with Crippen molar-refractivity contribution in [3.8, 4) is 38.4 Å². The van der Waals surface area contributed by atoms with Gasteiger partial charge in [0.1, 0.15) is 89.0 Å². The summed E-state index contributed by atoms with van der Waals surface area (Å²) in [6.07, 6.45) is -2.33. The highest BCUT2D eigenvalue weighted by atomic mass is 32.2. The van der Waals surface area contributed by atoms with Crippen LogP contribution in [0.4, 0.5) is 0 Å². The lowest BCUT2D eigenvalue weighted by Gasteiger charge is -2.21. The van der Waals surface area contributed by atoms with Gasteiger partial charge in [0, 0.05) is 50.0 Å². The van der Waals surface area contributed by atoms with Crippen molar-refractivity contribution in [3.63, 3.8) is 0 Å². The number of carbonyl (C=O) groups excluding carboxylic acids is 7. The molecule has 2 aliphatic heterocycles. The number of primary amides is 1. The number of aromatic hydroxyl groups is 1. The number of nitrogens with two attached hydrogens (primary N) is 1. The number of carbonyl (C=O) groups is 7. The smallest absolute Gasteiger partial charge is 0.335 e. The molecular formula is C48H40N12O12S6. The van der Waals surface area contributed by atoms with E-state index in [0.29, 0.717) is 16.5 Å². The number of nitrogens with one attached hydrogen (secondary N) is 4. The molecule has 1 aromatic carbocycles. The van der Waals surface area contributed by atoms with Gasteiger partial charge in [0.25, 0.3) is 23.6 Å². The minimum absolute atomic E-state index is 0.0770. The molecule has 10 N–H and O–H groups in total. The first-order valence-electron chi connectivity index (χ1n) is 23.1. The van der Waals surface area contributed by atoms with Gasteiger partial charge in [-0.05, 0) is 44.0 Å². The number of rotatable bonds is 3. The third kappa shape index (κ3) is 10.5. The van der Waals surface area contributed by atoms with Crippen LogP contribution in [0.15, 0.2) is 57.2 Å². The molecule has 24 nitrogen and oxygen atoms in total. The molecule has 2 aliphatic rings. The summed E-state index contributed by atoms with van der Waals surface area (Å²) in [5.74, 6) is -5.77. The fourth-order valence-corrected chi connectivity index (χ4v) is 13.5. The van der Waals surface area contributed by atoms with E-state index in [1.807, 2.05) is 0 Å². The number of hydrogen-bond donors (Lipinski definition) is 9. The lowest BCUT2D eigenvalue weighted by atomic mass is 10.1. The summed E-state index contributed by atoms with van der Waals surface area (Å²) in [4.78, 5) is 124. The van der Waals surface area contributed by atoms with Crippen molar-refractivity contribution in [2.45, 2.75) is 64.1 Å². The predicted octanol–water partition coefficient (Wildman–Crippen LogP) is 4.96. The van der Waals surface area contributed by atoms with Crippen molar-refractivity contribution in [2.24, 2.45) is 5.73 Å².